The summed E-state index contributed by atoms with van der Waals surface area (Å²) in [4.78, 5) is 33.5. The fourth-order valence-electron chi connectivity index (χ4n) is 3.53. The third-order valence-corrected chi connectivity index (χ3v) is 6.21. The molecule has 0 N–H and O–H groups in total. The topological polar surface area (TPSA) is 88.8 Å². The van der Waals surface area contributed by atoms with Crippen molar-refractivity contribution in [2.75, 3.05) is 39.9 Å². The van der Waals surface area contributed by atoms with Gasteiger partial charge in [-0.3, -0.25) is 9.59 Å². The van der Waals surface area contributed by atoms with Crippen LogP contribution in [-0.4, -0.2) is 71.7 Å². The van der Waals surface area contributed by atoms with Gasteiger partial charge < -0.3 is 19.1 Å². The number of thiophene rings is 1. The highest BCUT2D eigenvalue weighted by atomic mass is 32.1. The Morgan fingerprint density at radius 3 is 2.82 bits per heavy atom. The van der Waals surface area contributed by atoms with E-state index in [0.29, 0.717) is 51.0 Å². The van der Waals surface area contributed by atoms with Gasteiger partial charge in [0.1, 0.15) is 0 Å². The molecule has 0 aliphatic carbocycles. The minimum Gasteiger partial charge on any atom is -0.381 e. The molecule has 150 valence electrons. The molecule has 2 aliphatic rings. The van der Waals surface area contributed by atoms with Gasteiger partial charge in [0.25, 0.3) is 5.91 Å². The number of likely N-dealkylation sites (N-methyl/N-ethyl adjacent to an activating group) is 1. The molecule has 4 heterocycles. The molecule has 2 saturated heterocycles. The van der Waals surface area contributed by atoms with Crippen LogP contribution in [0.15, 0.2) is 22.0 Å². The van der Waals surface area contributed by atoms with Crippen LogP contribution in [0.5, 0.6) is 0 Å². The molecule has 0 bridgehead atoms. The van der Waals surface area contributed by atoms with Crippen molar-refractivity contribution >= 4 is 23.2 Å². The Labute approximate surface area is 167 Å². The van der Waals surface area contributed by atoms with E-state index in [1.165, 1.54) is 11.3 Å². The van der Waals surface area contributed by atoms with E-state index in [1.807, 2.05) is 24.6 Å². The normalized spacial score (nSPS) is 18.1. The van der Waals surface area contributed by atoms with Crippen molar-refractivity contribution in [3.63, 3.8) is 0 Å². The molecule has 2 aromatic rings. The number of rotatable bonds is 6. The van der Waals surface area contributed by atoms with Gasteiger partial charge >= 0.3 is 0 Å². The molecule has 0 radical (unpaired) electrons. The number of aromatic nitrogens is 2. The van der Waals surface area contributed by atoms with Crippen LogP contribution in [0, 0.1) is 5.92 Å². The van der Waals surface area contributed by atoms with Crippen LogP contribution in [0.25, 0.3) is 0 Å². The fourth-order valence-corrected chi connectivity index (χ4v) is 4.22. The molecule has 2 amide bonds. The predicted octanol–water partition coefficient (Wildman–Crippen LogP) is 1.80. The molecule has 2 aromatic heterocycles. The second-order valence-corrected chi connectivity index (χ2v) is 8.28. The number of likely N-dealkylation sites (tertiary alicyclic amines) is 1. The quantitative estimate of drug-likeness (QED) is 0.729. The summed E-state index contributed by atoms with van der Waals surface area (Å²) >= 11 is 1.45. The number of hydrogen-bond acceptors (Lipinski definition) is 7. The molecule has 28 heavy (non-hydrogen) atoms. The summed E-state index contributed by atoms with van der Waals surface area (Å²) in [6.07, 6.45) is 2.13. The summed E-state index contributed by atoms with van der Waals surface area (Å²) in [6.45, 7) is 3.07. The van der Waals surface area contributed by atoms with Gasteiger partial charge in [0.15, 0.2) is 5.82 Å². The van der Waals surface area contributed by atoms with Gasteiger partial charge in [-0.05, 0) is 24.3 Å². The van der Waals surface area contributed by atoms with Crippen molar-refractivity contribution in [1.82, 2.24) is 19.9 Å². The van der Waals surface area contributed by atoms with Crippen molar-refractivity contribution in [3.05, 3.63) is 34.1 Å². The van der Waals surface area contributed by atoms with Gasteiger partial charge in [0, 0.05) is 52.2 Å². The van der Waals surface area contributed by atoms with E-state index in [1.54, 1.807) is 9.80 Å². The third-order valence-electron chi connectivity index (χ3n) is 5.35. The molecule has 0 saturated carbocycles. The van der Waals surface area contributed by atoms with Gasteiger partial charge in [-0.2, -0.15) is 4.98 Å². The molecule has 8 nitrogen and oxygen atoms in total. The Morgan fingerprint density at radius 2 is 2.11 bits per heavy atom. The van der Waals surface area contributed by atoms with E-state index in [2.05, 4.69) is 10.1 Å². The van der Waals surface area contributed by atoms with E-state index in [9.17, 15) is 9.59 Å². The Hall–Kier alpha value is -2.26. The summed E-state index contributed by atoms with van der Waals surface area (Å²) < 4.78 is 10.7. The summed E-state index contributed by atoms with van der Waals surface area (Å²) in [5.41, 5.74) is 0. The highest BCUT2D eigenvalue weighted by Gasteiger charge is 2.36. The van der Waals surface area contributed by atoms with Crippen LogP contribution in [0.4, 0.5) is 0 Å². The lowest BCUT2D eigenvalue weighted by Crippen LogP contribution is -2.48. The van der Waals surface area contributed by atoms with Crippen molar-refractivity contribution in [3.8, 4) is 0 Å². The molecule has 0 atom stereocenters. The zero-order valence-corrected chi connectivity index (χ0v) is 16.7. The lowest BCUT2D eigenvalue weighted by molar-refractivity contribution is -0.137. The van der Waals surface area contributed by atoms with Gasteiger partial charge in [-0.25, -0.2) is 0 Å². The van der Waals surface area contributed by atoms with E-state index in [4.69, 9.17) is 9.26 Å². The highest BCUT2D eigenvalue weighted by Crippen LogP contribution is 2.28. The Balaban J connectivity index is 1.24. The number of hydrogen-bond donors (Lipinski definition) is 0. The van der Waals surface area contributed by atoms with Crippen LogP contribution in [0.2, 0.25) is 0 Å². The SMILES string of the molecule is CN(CCc1noc(C2CN(C(=O)c3cccs3)C2)n1)C(=O)C1CCOCC1. The van der Waals surface area contributed by atoms with Crippen molar-refractivity contribution < 1.29 is 18.8 Å². The first-order chi connectivity index (χ1) is 13.6. The van der Waals surface area contributed by atoms with Gasteiger partial charge in [-0.15, -0.1) is 11.3 Å². The zero-order chi connectivity index (χ0) is 19.5. The van der Waals surface area contributed by atoms with Gasteiger partial charge in [-0.1, -0.05) is 11.2 Å². The maximum Gasteiger partial charge on any atom is 0.263 e. The summed E-state index contributed by atoms with van der Waals surface area (Å²) in [6, 6.07) is 3.71. The first kappa shape index (κ1) is 19.1. The van der Waals surface area contributed by atoms with Crippen molar-refractivity contribution in [2.24, 2.45) is 5.92 Å². The molecule has 9 heteroatoms. The number of amides is 2. The first-order valence-corrected chi connectivity index (χ1v) is 10.5. The maximum atomic E-state index is 12.5. The van der Waals surface area contributed by atoms with Crippen LogP contribution in [0.3, 0.4) is 0 Å². The molecule has 4 rings (SSSR count). The standard InChI is InChI=1S/C19H24N4O4S/c1-22(18(24)13-5-8-26-9-6-13)7-4-16-20-17(27-21-16)14-11-23(12-14)19(25)15-3-2-10-28-15/h2-3,10,13-14H,4-9,11-12H2,1H3. The minimum atomic E-state index is 0.0549. The second-order valence-electron chi connectivity index (χ2n) is 7.33. The largest absolute Gasteiger partial charge is 0.381 e. The summed E-state index contributed by atoms with van der Waals surface area (Å²) in [7, 11) is 1.82. The Morgan fingerprint density at radius 1 is 1.32 bits per heavy atom. The molecular weight excluding hydrogens is 380 g/mol. The smallest absolute Gasteiger partial charge is 0.263 e. The monoisotopic (exact) mass is 404 g/mol. The van der Waals surface area contributed by atoms with E-state index in [0.717, 1.165) is 17.7 Å². The van der Waals surface area contributed by atoms with Crippen molar-refractivity contribution in [2.45, 2.75) is 25.2 Å². The number of carbonyl (C=O) groups excluding carboxylic acids is 2. The lowest BCUT2D eigenvalue weighted by atomic mass is 9.99. The van der Waals surface area contributed by atoms with Crippen LogP contribution in [-0.2, 0) is 16.0 Å². The molecule has 0 spiro atoms. The molecule has 2 aliphatic heterocycles. The van der Waals surface area contributed by atoms with Crippen LogP contribution < -0.4 is 0 Å². The highest BCUT2D eigenvalue weighted by molar-refractivity contribution is 7.12. The van der Waals surface area contributed by atoms with Crippen LogP contribution in [0.1, 0.15) is 40.1 Å². The Bertz CT molecular complexity index is 810. The number of carbonyl (C=O) groups is 2. The average Bonchev–Trinajstić information content (AvgIpc) is 3.37. The maximum absolute atomic E-state index is 12.5. The van der Waals surface area contributed by atoms with Gasteiger partial charge in [0.2, 0.25) is 11.8 Å². The Kier molecular flexibility index (Phi) is 5.72. The van der Waals surface area contributed by atoms with E-state index >= 15 is 0 Å². The molecular formula is C19H24N4O4S. The fraction of sp³-hybridized carbons (Fsp3) is 0.579. The molecule has 0 aromatic carbocycles. The average molecular weight is 404 g/mol. The molecule has 0 unspecified atom stereocenters. The lowest BCUT2D eigenvalue weighted by Gasteiger charge is -2.36. The van der Waals surface area contributed by atoms with E-state index in [-0.39, 0.29) is 23.7 Å². The van der Waals surface area contributed by atoms with Crippen molar-refractivity contribution in [1.29, 1.82) is 0 Å². The zero-order valence-electron chi connectivity index (χ0n) is 15.9. The van der Waals surface area contributed by atoms with Gasteiger partial charge in [0.05, 0.1) is 10.8 Å². The summed E-state index contributed by atoms with van der Waals surface area (Å²) in [5, 5.41) is 5.94. The predicted molar refractivity (Wildman–Crippen MR) is 102 cm³/mol. The second kappa shape index (κ2) is 8.40. The van der Waals surface area contributed by atoms with E-state index < -0.39 is 0 Å². The summed E-state index contributed by atoms with van der Waals surface area (Å²) in [5.74, 6) is 1.54. The van der Waals surface area contributed by atoms with Crippen LogP contribution >= 0.6 is 11.3 Å². The number of ether oxygens (including phenoxy) is 1. The number of nitrogens with zero attached hydrogens (tertiary/aromatic N) is 4. The molecule has 2 fully saturated rings. The minimum absolute atomic E-state index is 0.0549. The first-order valence-electron chi connectivity index (χ1n) is 9.60. The third kappa shape index (κ3) is 4.10.